The minimum Gasteiger partial charge on any atom is -0.443 e. The summed E-state index contributed by atoms with van der Waals surface area (Å²) in [4.78, 5) is 19.3. The summed E-state index contributed by atoms with van der Waals surface area (Å²) < 4.78 is 56.4. The molecule has 0 aromatic heterocycles. The summed E-state index contributed by atoms with van der Waals surface area (Å²) in [6.07, 6.45) is -1.16. The summed E-state index contributed by atoms with van der Waals surface area (Å²) >= 11 is 0. The van der Waals surface area contributed by atoms with Crippen molar-refractivity contribution in [3.8, 4) is 0 Å². The number of azide groups is 1. The quantitative estimate of drug-likeness (QED) is 0.420. The number of benzene rings is 1. The van der Waals surface area contributed by atoms with Crippen LogP contribution < -0.4 is 4.90 Å². The van der Waals surface area contributed by atoms with E-state index in [1.165, 1.54) is 0 Å². The summed E-state index contributed by atoms with van der Waals surface area (Å²) in [5, 5.41) is 4.17. The molecule has 0 aliphatic carbocycles. The number of hydrogen-bond acceptors (Lipinski definition) is 6. The summed E-state index contributed by atoms with van der Waals surface area (Å²) in [7, 11) is -4.01. The highest BCUT2D eigenvalue weighted by Crippen LogP contribution is 2.33. The molecule has 1 heterocycles. The molecule has 1 aromatic rings. The molecular formula is C14H13F2N5O4S2. The Labute approximate surface area is 155 Å². The SMILES string of the molecule is CC(C)(C)OC(=O)N(C1=CS(=S(=O)=O)C=N1)c1c(F)cc(N=[N+]=[N-])cc1F. The van der Waals surface area contributed by atoms with Gasteiger partial charge in [0.2, 0.25) is 9.26 Å². The topological polar surface area (TPSA) is 125 Å². The molecule has 0 N–H and O–H groups in total. The van der Waals surface area contributed by atoms with Gasteiger partial charge < -0.3 is 4.74 Å². The monoisotopic (exact) mass is 417 g/mol. The van der Waals surface area contributed by atoms with Crippen molar-refractivity contribution in [3.63, 3.8) is 0 Å². The molecule has 1 unspecified atom stereocenters. The lowest BCUT2D eigenvalue weighted by atomic mass is 10.2. The molecule has 1 aliphatic heterocycles. The van der Waals surface area contributed by atoms with E-state index in [0.717, 1.165) is 23.1 Å². The Kier molecular flexibility index (Phi) is 5.98. The third-order valence-electron chi connectivity index (χ3n) is 2.86. The molecule has 0 saturated heterocycles. The van der Waals surface area contributed by atoms with Crippen molar-refractivity contribution in [1.82, 2.24) is 0 Å². The molecule has 0 saturated carbocycles. The van der Waals surface area contributed by atoms with Crippen LogP contribution >= 0.6 is 0 Å². The van der Waals surface area contributed by atoms with E-state index in [4.69, 9.17) is 10.3 Å². The predicted molar refractivity (Wildman–Crippen MR) is 96.7 cm³/mol. The van der Waals surface area contributed by atoms with Gasteiger partial charge in [-0.25, -0.2) is 23.5 Å². The van der Waals surface area contributed by atoms with Crippen molar-refractivity contribution >= 4 is 41.7 Å². The van der Waals surface area contributed by atoms with E-state index >= 15 is 0 Å². The van der Waals surface area contributed by atoms with Crippen LogP contribution in [0, 0.1) is 11.6 Å². The molecule has 1 aliphatic rings. The Morgan fingerprint density at radius 3 is 2.37 bits per heavy atom. The van der Waals surface area contributed by atoms with Gasteiger partial charge in [-0.15, -0.1) is 0 Å². The van der Waals surface area contributed by atoms with Crippen LogP contribution in [0.15, 0.2) is 33.5 Å². The molecule has 0 bridgehead atoms. The molecule has 2 rings (SSSR count). The van der Waals surface area contributed by atoms with E-state index in [1.54, 1.807) is 20.8 Å². The van der Waals surface area contributed by atoms with Crippen LogP contribution in [0.1, 0.15) is 20.8 Å². The van der Waals surface area contributed by atoms with Crippen LogP contribution in [0.5, 0.6) is 0 Å². The van der Waals surface area contributed by atoms with Gasteiger partial charge in [0.25, 0.3) is 0 Å². The maximum Gasteiger partial charge on any atom is 0.420 e. The summed E-state index contributed by atoms with van der Waals surface area (Å²) in [5.74, 6) is -2.77. The number of carbonyl (C=O) groups excluding carboxylic acids is 1. The van der Waals surface area contributed by atoms with Gasteiger partial charge in [-0.3, -0.25) is 0 Å². The van der Waals surface area contributed by atoms with Gasteiger partial charge in [-0.2, -0.15) is 8.42 Å². The van der Waals surface area contributed by atoms with Gasteiger partial charge >= 0.3 is 6.09 Å². The van der Waals surface area contributed by atoms with Crippen LogP contribution in [-0.2, 0) is 23.5 Å². The Morgan fingerprint density at radius 1 is 1.33 bits per heavy atom. The average molecular weight is 417 g/mol. The molecule has 0 fully saturated rings. The fourth-order valence-electron chi connectivity index (χ4n) is 1.94. The lowest BCUT2D eigenvalue weighted by Gasteiger charge is -2.27. The number of anilines is 1. The molecule has 0 spiro atoms. The Balaban J connectivity index is 2.66. The standard InChI is InChI=1S/C14H13F2N5O4S2/c1-14(2,3)25-13(22)21(11-6-26(7-18-11)27(23)24)12-9(15)4-8(19-20-17)5-10(12)16/h4-7H,1-3H3. The highest BCUT2D eigenvalue weighted by Gasteiger charge is 2.32. The third kappa shape index (κ3) is 4.90. The predicted octanol–water partition coefficient (Wildman–Crippen LogP) is 3.90. The highest BCUT2D eigenvalue weighted by atomic mass is 32.9. The molecule has 1 aromatic carbocycles. The zero-order chi connectivity index (χ0) is 20.4. The van der Waals surface area contributed by atoms with Gasteiger partial charge in [-0.1, -0.05) is 5.11 Å². The molecule has 1 atom stereocenters. The number of carbonyl (C=O) groups is 1. The van der Waals surface area contributed by atoms with Crippen LogP contribution in [0.4, 0.5) is 25.0 Å². The fraction of sp³-hybridized carbons (Fsp3) is 0.286. The Hall–Kier alpha value is -2.76. The van der Waals surface area contributed by atoms with Crippen LogP contribution in [-0.4, -0.2) is 25.7 Å². The second kappa shape index (κ2) is 7.86. The van der Waals surface area contributed by atoms with Gasteiger partial charge in [0.1, 0.15) is 11.3 Å². The Bertz CT molecular complexity index is 1020. The van der Waals surface area contributed by atoms with Crippen LogP contribution in [0.2, 0.25) is 0 Å². The second-order valence-electron chi connectivity index (χ2n) is 6.01. The van der Waals surface area contributed by atoms with Crippen molar-refractivity contribution in [3.05, 3.63) is 45.4 Å². The molecule has 27 heavy (non-hydrogen) atoms. The zero-order valence-corrected chi connectivity index (χ0v) is 15.9. The van der Waals surface area contributed by atoms with Crippen LogP contribution in [0.25, 0.3) is 10.4 Å². The first-order valence-corrected chi connectivity index (χ1v) is 10.1. The van der Waals surface area contributed by atoms with E-state index in [9.17, 15) is 22.0 Å². The van der Waals surface area contributed by atoms with Crippen molar-refractivity contribution in [2.45, 2.75) is 26.4 Å². The minimum absolute atomic E-state index is 0.314. The number of amides is 1. The lowest BCUT2D eigenvalue weighted by Crippen LogP contribution is -2.36. The number of halogens is 2. The van der Waals surface area contributed by atoms with Gasteiger partial charge in [0.15, 0.2) is 17.5 Å². The van der Waals surface area contributed by atoms with E-state index in [2.05, 4.69) is 15.0 Å². The van der Waals surface area contributed by atoms with E-state index in [-0.39, 0.29) is 11.5 Å². The summed E-state index contributed by atoms with van der Waals surface area (Å²) in [6, 6.07) is 1.44. The molecule has 1 amide bonds. The molecule has 0 radical (unpaired) electrons. The maximum atomic E-state index is 14.5. The molecular weight excluding hydrogens is 404 g/mol. The normalized spacial score (nSPS) is 15.7. The minimum atomic E-state index is -2.55. The first-order valence-electron chi connectivity index (χ1n) is 7.18. The number of hydrogen-bond donors (Lipinski definition) is 0. The number of aliphatic imine (C=N–C) groups is 1. The average Bonchev–Trinajstić information content (AvgIpc) is 2.98. The lowest BCUT2D eigenvalue weighted by molar-refractivity contribution is 0.0590. The highest BCUT2D eigenvalue weighted by molar-refractivity contribution is 8.42. The molecule has 144 valence electrons. The summed E-state index contributed by atoms with van der Waals surface area (Å²) in [5.41, 5.74) is 7.24. The number of rotatable bonds is 3. The van der Waals surface area contributed by atoms with Crippen molar-refractivity contribution < 1.29 is 26.7 Å². The smallest absolute Gasteiger partial charge is 0.420 e. The van der Waals surface area contributed by atoms with Crippen molar-refractivity contribution in [1.29, 1.82) is 0 Å². The molecule has 9 nitrogen and oxygen atoms in total. The largest absolute Gasteiger partial charge is 0.443 e. The van der Waals surface area contributed by atoms with Gasteiger partial charge in [-0.05, 0) is 38.4 Å². The van der Waals surface area contributed by atoms with E-state index in [0.29, 0.717) is 4.90 Å². The van der Waals surface area contributed by atoms with E-state index < -0.39 is 47.7 Å². The zero-order valence-electron chi connectivity index (χ0n) is 14.3. The Morgan fingerprint density at radius 2 is 1.93 bits per heavy atom. The second-order valence-corrected chi connectivity index (χ2v) is 9.49. The van der Waals surface area contributed by atoms with Gasteiger partial charge in [0.05, 0.1) is 5.55 Å². The first-order chi connectivity index (χ1) is 12.5. The van der Waals surface area contributed by atoms with Gasteiger partial charge in [0, 0.05) is 25.5 Å². The first kappa shape index (κ1) is 20.6. The number of nitrogens with zero attached hydrogens (tertiary/aromatic N) is 5. The summed E-state index contributed by atoms with van der Waals surface area (Å²) in [6.45, 7) is 4.64. The van der Waals surface area contributed by atoms with E-state index in [1.807, 2.05) is 0 Å². The van der Waals surface area contributed by atoms with Crippen molar-refractivity contribution in [2.24, 2.45) is 10.1 Å². The van der Waals surface area contributed by atoms with Crippen LogP contribution in [0.3, 0.4) is 0 Å². The third-order valence-corrected chi connectivity index (χ3v) is 5.42. The molecule has 13 heteroatoms. The maximum absolute atomic E-state index is 14.5. The fourth-order valence-corrected chi connectivity index (χ4v) is 3.57. The number of ether oxygens (including phenoxy) is 1. The van der Waals surface area contributed by atoms with Crippen molar-refractivity contribution in [2.75, 3.05) is 4.90 Å².